The Morgan fingerprint density at radius 3 is 2.41 bits per heavy atom. The Hall–Kier alpha value is -1.43. The molecule has 0 N–H and O–H groups in total. The van der Waals surface area contributed by atoms with E-state index in [0.29, 0.717) is 15.6 Å². The van der Waals surface area contributed by atoms with Gasteiger partial charge in [-0.25, -0.2) is 4.39 Å². The zero-order valence-electron chi connectivity index (χ0n) is 12.6. The number of carbonyl (C=O) groups excluding carboxylic acids is 1. The van der Waals surface area contributed by atoms with Crippen molar-refractivity contribution in [2.24, 2.45) is 0 Å². The minimum atomic E-state index is -0.442. The molecule has 0 saturated heterocycles. The number of hydrogen-bond donors (Lipinski definition) is 0. The van der Waals surface area contributed by atoms with E-state index in [0.717, 1.165) is 5.56 Å². The Morgan fingerprint density at radius 1 is 1.18 bits per heavy atom. The molecule has 22 heavy (non-hydrogen) atoms. The first-order valence-corrected chi connectivity index (χ1v) is 8.66. The van der Waals surface area contributed by atoms with Gasteiger partial charge in [-0.3, -0.25) is 4.79 Å². The monoisotopic (exact) mass is 412 g/mol. The summed E-state index contributed by atoms with van der Waals surface area (Å²) in [5, 5.41) is 0. The summed E-state index contributed by atoms with van der Waals surface area (Å²) in [5.74, 6) is -1.07. The van der Waals surface area contributed by atoms with E-state index in [1.165, 1.54) is 6.07 Å². The van der Waals surface area contributed by atoms with E-state index < -0.39 is 5.92 Å². The Balaban J connectivity index is 2.30. The summed E-state index contributed by atoms with van der Waals surface area (Å²) in [6.07, 6.45) is -0.175. The van der Waals surface area contributed by atoms with Crippen LogP contribution in [0.5, 0.6) is 0 Å². The fourth-order valence-corrected chi connectivity index (χ4v) is 3.07. The molecule has 0 aromatic heterocycles. The lowest BCUT2D eigenvalue weighted by atomic mass is 9.97. The third-order valence-electron chi connectivity index (χ3n) is 3.27. The van der Waals surface area contributed by atoms with Crippen LogP contribution in [0.15, 0.2) is 48.5 Å². The molecule has 2 aromatic carbocycles. The molecule has 1 unspecified atom stereocenters. The standard InChI is InChI=1S/C18H18FIO2/c1-12(2)22-18(21)16(11-20)14-8-9-15(17(19)10-14)13-6-4-3-5-7-13/h3-10,12,16H,11H2,1-2H3. The Kier molecular flexibility index (Phi) is 5.94. The van der Waals surface area contributed by atoms with Crippen LogP contribution in [-0.4, -0.2) is 16.5 Å². The van der Waals surface area contributed by atoms with Crippen molar-refractivity contribution >= 4 is 28.6 Å². The molecule has 0 radical (unpaired) electrons. The first-order valence-electron chi connectivity index (χ1n) is 7.14. The maximum absolute atomic E-state index is 14.4. The van der Waals surface area contributed by atoms with Crippen molar-refractivity contribution in [3.63, 3.8) is 0 Å². The van der Waals surface area contributed by atoms with Crippen molar-refractivity contribution in [1.29, 1.82) is 0 Å². The number of alkyl halides is 1. The highest BCUT2D eigenvalue weighted by Gasteiger charge is 2.23. The second-order valence-corrected chi connectivity index (χ2v) is 6.18. The van der Waals surface area contributed by atoms with Gasteiger partial charge in [0.1, 0.15) is 5.82 Å². The summed E-state index contributed by atoms with van der Waals surface area (Å²) < 4.78 is 20.2. The maximum Gasteiger partial charge on any atom is 0.314 e. The van der Waals surface area contributed by atoms with Gasteiger partial charge in [0, 0.05) is 9.99 Å². The van der Waals surface area contributed by atoms with E-state index in [9.17, 15) is 9.18 Å². The fraction of sp³-hybridized carbons (Fsp3) is 0.278. The van der Waals surface area contributed by atoms with E-state index in [-0.39, 0.29) is 17.9 Å². The van der Waals surface area contributed by atoms with Crippen LogP contribution in [0.1, 0.15) is 25.3 Å². The summed E-state index contributed by atoms with van der Waals surface area (Å²) in [5.41, 5.74) is 2.01. The van der Waals surface area contributed by atoms with E-state index in [1.807, 2.05) is 30.3 Å². The molecule has 0 fully saturated rings. The van der Waals surface area contributed by atoms with Crippen molar-refractivity contribution in [1.82, 2.24) is 0 Å². The topological polar surface area (TPSA) is 26.3 Å². The average Bonchev–Trinajstić information content (AvgIpc) is 2.48. The normalized spacial score (nSPS) is 12.2. The summed E-state index contributed by atoms with van der Waals surface area (Å²) >= 11 is 2.12. The van der Waals surface area contributed by atoms with Crippen molar-refractivity contribution in [2.75, 3.05) is 4.43 Å². The molecular weight excluding hydrogens is 394 g/mol. The molecule has 0 heterocycles. The highest BCUT2D eigenvalue weighted by atomic mass is 127. The van der Waals surface area contributed by atoms with Crippen LogP contribution in [-0.2, 0) is 9.53 Å². The van der Waals surface area contributed by atoms with Crippen LogP contribution in [0.25, 0.3) is 11.1 Å². The smallest absolute Gasteiger partial charge is 0.314 e. The predicted octanol–water partition coefficient (Wildman–Crippen LogP) is 4.96. The molecule has 0 amide bonds. The minimum absolute atomic E-state index is 0.175. The second kappa shape index (κ2) is 7.72. The Bertz CT molecular complexity index is 641. The molecule has 0 aliphatic carbocycles. The van der Waals surface area contributed by atoms with E-state index in [1.54, 1.807) is 26.0 Å². The lowest BCUT2D eigenvalue weighted by Gasteiger charge is -2.17. The van der Waals surface area contributed by atoms with Gasteiger partial charge in [-0.05, 0) is 31.0 Å². The number of carbonyl (C=O) groups is 1. The van der Waals surface area contributed by atoms with Gasteiger partial charge in [0.25, 0.3) is 0 Å². The fourth-order valence-electron chi connectivity index (χ4n) is 2.20. The zero-order chi connectivity index (χ0) is 16.1. The third kappa shape index (κ3) is 4.06. The van der Waals surface area contributed by atoms with Crippen LogP contribution in [0, 0.1) is 5.82 Å². The van der Waals surface area contributed by atoms with Gasteiger partial charge in [0.15, 0.2) is 0 Å². The SMILES string of the molecule is CC(C)OC(=O)C(CI)c1ccc(-c2ccccc2)c(F)c1. The van der Waals surface area contributed by atoms with Gasteiger partial charge in [-0.1, -0.05) is 65.1 Å². The number of rotatable bonds is 5. The predicted molar refractivity (Wildman–Crippen MR) is 94.7 cm³/mol. The van der Waals surface area contributed by atoms with Gasteiger partial charge in [-0.2, -0.15) is 0 Å². The summed E-state index contributed by atoms with van der Waals surface area (Å²) in [6, 6.07) is 14.3. The van der Waals surface area contributed by atoms with E-state index in [4.69, 9.17) is 4.74 Å². The first kappa shape index (κ1) is 16.9. The number of ether oxygens (including phenoxy) is 1. The van der Waals surface area contributed by atoms with Gasteiger partial charge < -0.3 is 4.74 Å². The molecule has 4 heteroatoms. The minimum Gasteiger partial charge on any atom is -0.462 e. The molecule has 0 aliphatic heterocycles. The van der Waals surface area contributed by atoms with E-state index in [2.05, 4.69) is 22.6 Å². The van der Waals surface area contributed by atoms with Crippen LogP contribution in [0.2, 0.25) is 0 Å². The number of halogens is 2. The van der Waals surface area contributed by atoms with Crippen LogP contribution in [0.3, 0.4) is 0 Å². The first-order chi connectivity index (χ1) is 10.5. The van der Waals surface area contributed by atoms with Gasteiger partial charge in [0.2, 0.25) is 0 Å². The molecule has 2 rings (SSSR count). The third-order valence-corrected chi connectivity index (χ3v) is 4.15. The second-order valence-electron chi connectivity index (χ2n) is 5.30. The Morgan fingerprint density at radius 2 is 1.86 bits per heavy atom. The highest BCUT2D eigenvalue weighted by Crippen LogP contribution is 2.28. The van der Waals surface area contributed by atoms with Crippen molar-refractivity contribution in [3.8, 4) is 11.1 Å². The average molecular weight is 412 g/mol. The number of esters is 1. The lowest BCUT2D eigenvalue weighted by molar-refractivity contribution is -0.148. The number of benzene rings is 2. The molecule has 116 valence electrons. The van der Waals surface area contributed by atoms with Crippen molar-refractivity contribution in [3.05, 3.63) is 59.9 Å². The molecule has 0 aliphatic rings. The lowest BCUT2D eigenvalue weighted by Crippen LogP contribution is -2.20. The number of hydrogen-bond acceptors (Lipinski definition) is 2. The molecule has 0 spiro atoms. The molecular formula is C18H18FIO2. The quantitative estimate of drug-likeness (QED) is 0.394. The maximum atomic E-state index is 14.4. The summed E-state index contributed by atoms with van der Waals surface area (Å²) in [4.78, 5) is 12.1. The van der Waals surface area contributed by atoms with Crippen LogP contribution < -0.4 is 0 Å². The van der Waals surface area contributed by atoms with Gasteiger partial charge in [0.05, 0.1) is 12.0 Å². The van der Waals surface area contributed by atoms with Gasteiger partial charge >= 0.3 is 5.97 Å². The zero-order valence-corrected chi connectivity index (χ0v) is 14.7. The largest absolute Gasteiger partial charge is 0.462 e. The molecule has 0 saturated carbocycles. The summed E-state index contributed by atoms with van der Waals surface area (Å²) in [6.45, 7) is 3.61. The highest BCUT2D eigenvalue weighted by molar-refractivity contribution is 14.1. The van der Waals surface area contributed by atoms with Crippen LogP contribution >= 0.6 is 22.6 Å². The Labute approximate surface area is 143 Å². The molecule has 0 bridgehead atoms. The van der Waals surface area contributed by atoms with E-state index >= 15 is 0 Å². The summed E-state index contributed by atoms with van der Waals surface area (Å²) in [7, 11) is 0. The van der Waals surface area contributed by atoms with Crippen molar-refractivity contribution in [2.45, 2.75) is 25.9 Å². The van der Waals surface area contributed by atoms with Crippen molar-refractivity contribution < 1.29 is 13.9 Å². The van der Waals surface area contributed by atoms with Crippen LogP contribution in [0.4, 0.5) is 4.39 Å². The molecule has 2 aromatic rings. The molecule has 2 nitrogen and oxygen atoms in total. The molecule has 1 atom stereocenters. The van der Waals surface area contributed by atoms with Gasteiger partial charge in [-0.15, -0.1) is 0 Å².